The van der Waals surface area contributed by atoms with Crippen LogP contribution in [0.2, 0.25) is 0 Å². The molecular weight excluding hydrogens is 245 g/mol. The molecule has 0 aromatic rings. The maximum atomic E-state index is 12.5. The lowest BCUT2D eigenvalue weighted by Gasteiger charge is -2.31. The van der Waals surface area contributed by atoms with E-state index in [9.17, 15) is 13.2 Å². The standard InChI is InChI=1S/C12H23F3N2O/c1-4-16-11-7-18-6-10(11)5-17(9(2)3)8-12(13,14)15/h9-11,16H,4-8H2,1-3H3. The fourth-order valence-electron chi connectivity index (χ4n) is 2.26. The van der Waals surface area contributed by atoms with Crippen LogP contribution in [0.4, 0.5) is 13.2 Å². The second-order valence-electron chi connectivity index (χ2n) is 5.10. The molecule has 3 nitrogen and oxygen atoms in total. The lowest BCUT2D eigenvalue weighted by atomic mass is 10.0. The number of halogens is 3. The van der Waals surface area contributed by atoms with Gasteiger partial charge in [-0.15, -0.1) is 0 Å². The van der Waals surface area contributed by atoms with E-state index in [0.717, 1.165) is 6.54 Å². The summed E-state index contributed by atoms with van der Waals surface area (Å²) in [5.74, 6) is 0.134. The van der Waals surface area contributed by atoms with E-state index in [4.69, 9.17) is 4.74 Å². The number of hydrogen-bond acceptors (Lipinski definition) is 3. The van der Waals surface area contributed by atoms with Crippen molar-refractivity contribution in [1.29, 1.82) is 0 Å². The topological polar surface area (TPSA) is 24.5 Å². The Balaban J connectivity index is 2.54. The zero-order chi connectivity index (χ0) is 13.8. The summed E-state index contributed by atoms with van der Waals surface area (Å²) < 4.78 is 42.9. The highest BCUT2D eigenvalue weighted by Gasteiger charge is 2.35. The van der Waals surface area contributed by atoms with E-state index in [1.807, 2.05) is 6.92 Å². The van der Waals surface area contributed by atoms with Crippen LogP contribution >= 0.6 is 0 Å². The van der Waals surface area contributed by atoms with E-state index in [-0.39, 0.29) is 18.0 Å². The van der Waals surface area contributed by atoms with Gasteiger partial charge in [0.2, 0.25) is 0 Å². The molecule has 0 aromatic heterocycles. The molecule has 1 aliphatic heterocycles. The third kappa shape index (κ3) is 5.12. The van der Waals surface area contributed by atoms with Crippen LogP contribution in [-0.2, 0) is 4.74 Å². The molecule has 0 radical (unpaired) electrons. The molecular formula is C12H23F3N2O. The van der Waals surface area contributed by atoms with E-state index in [2.05, 4.69) is 5.32 Å². The van der Waals surface area contributed by atoms with Crippen molar-refractivity contribution in [2.75, 3.05) is 32.8 Å². The highest BCUT2D eigenvalue weighted by atomic mass is 19.4. The molecule has 1 heterocycles. The summed E-state index contributed by atoms with van der Waals surface area (Å²) in [4.78, 5) is 1.48. The van der Waals surface area contributed by atoms with Crippen LogP contribution in [0, 0.1) is 5.92 Å². The van der Waals surface area contributed by atoms with Gasteiger partial charge in [0.05, 0.1) is 19.8 Å². The second-order valence-corrected chi connectivity index (χ2v) is 5.10. The fourth-order valence-corrected chi connectivity index (χ4v) is 2.26. The Morgan fingerprint density at radius 1 is 1.33 bits per heavy atom. The minimum Gasteiger partial charge on any atom is -0.379 e. The third-order valence-electron chi connectivity index (χ3n) is 3.25. The summed E-state index contributed by atoms with van der Waals surface area (Å²) in [7, 11) is 0. The van der Waals surface area contributed by atoms with Crippen molar-refractivity contribution in [1.82, 2.24) is 10.2 Å². The van der Waals surface area contributed by atoms with Crippen molar-refractivity contribution >= 4 is 0 Å². The van der Waals surface area contributed by atoms with Gasteiger partial charge in [0.25, 0.3) is 0 Å². The number of alkyl halides is 3. The van der Waals surface area contributed by atoms with Crippen LogP contribution in [0.5, 0.6) is 0 Å². The summed E-state index contributed by atoms with van der Waals surface area (Å²) in [6, 6.07) is 0.0546. The molecule has 108 valence electrons. The average molecular weight is 268 g/mol. The first-order valence-corrected chi connectivity index (χ1v) is 6.45. The molecule has 1 fully saturated rings. The first kappa shape index (κ1) is 15.7. The predicted octanol–water partition coefficient (Wildman–Crippen LogP) is 1.88. The summed E-state index contributed by atoms with van der Waals surface area (Å²) in [6.07, 6.45) is -4.14. The quantitative estimate of drug-likeness (QED) is 0.796. The molecule has 1 aliphatic rings. The number of nitrogens with zero attached hydrogens (tertiary/aromatic N) is 1. The molecule has 2 atom stereocenters. The largest absolute Gasteiger partial charge is 0.401 e. The molecule has 6 heteroatoms. The van der Waals surface area contributed by atoms with Gasteiger partial charge >= 0.3 is 6.18 Å². The van der Waals surface area contributed by atoms with Crippen molar-refractivity contribution in [2.24, 2.45) is 5.92 Å². The number of hydrogen-bond donors (Lipinski definition) is 1. The lowest BCUT2D eigenvalue weighted by molar-refractivity contribution is -0.151. The van der Waals surface area contributed by atoms with Gasteiger partial charge < -0.3 is 10.1 Å². The van der Waals surface area contributed by atoms with Crippen molar-refractivity contribution < 1.29 is 17.9 Å². The van der Waals surface area contributed by atoms with Gasteiger partial charge in [-0.1, -0.05) is 6.92 Å². The zero-order valence-corrected chi connectivity index (χ0v) is 11.3. The van der Waals surface area contributed by atoms with Crippen LogP contribution in [-0.4, -0.2) is 56.0 Å². The lowest BCUT2D eigenvalue weighted by Crippen LogP contribution is -2.46. The predicted molar refractivity (Wildman–Crippen MR) is 64.5 cm³/mol. The number of likely N-dealkylation sites (N-methyl/N-ethyl adjacent to an activating group) is 1. The van der Waals surface area contributed by atoms with Gasteiger partial charge in [0.1, 0.15) is 0 Å². The van der Waals surface area contributed by atoms with Gasteiger partial charge in [0, 0.05) is 24.5 Å². The van der Waals surface area contributed by atoms with Crippen molar-refractivity contribution in [2.45, 2.75) is 39.0 Å². The Morgan fingerprint density at radius 3 is 2.50 bits per heavy atom. The SMILES string of the molecule is CCNC1COCC1CN(CC(F)(F)F)C(C)C. The molecule has 1 N–H and O–H groups in total. The van der Waals surface area contributed by atoms with Crippen molar-refractivity contribution in [3.63, 3.8) is 0 Å². The highest BCUT2D eigenvalue weighted by molar-refractivity contribution is 4.84. The van der Waals surface area contributed by atoms with E-state index in [1.165, 1.54) is 4.90 Å². The molecule has 1 rings (SSSR count). The number of rotatable bonds is 6. The smallest absolute Gasteiger partial charge is 0.379 e. The van der Waals surface area contributed by atoms with Crippen LogP contribution in [0.3, 0.4) is 0 Å². The van der Waals surface area contributed by atoms with E-state index in [0.29, 0.717) is 19.8 Å². The molecule has 2 unspecified atom stereocenters. The minimum atomic E-state index is -4.14. The van der Waals surface area contributed by atoms with Gasteiger partial charge in [-0.2, -0.15) is 13.2 Å². The molecule has 0 aromatic carbocycles. The minimum absolute atomic E-state index is 0.116. The molecule has 18 heavy (non-hydrogen) atoms. The maximum Gasteiger partial charge on any atom is 0.401 e. The van der Waals surface area contributed by atoms with E-state index in [1.54, 1.807) is 13.8 Å². The molecule has 1 saturated heterocycles. The monoisotopic (exact) mass is 268 g/mol. The summed E-state index contributed by atoms with van der Waals surface area (Å²) in [5.41, 5.74) is 0. The van der Waals surface area contributed by atoms with E-state index >= 15 is 0 Å². The van der Waals surface area contributed by atoms with Gasteiger partial charge in [-0.05, 0) is 20.4 Å². The van der Waals surface area contributed by atoms with E-state index < -0.39 is 12.7 Å². The first-order chi connectivity index (χ1) is 8.33. The zero-order valence-electron chi connectivity index (χ0n) is 11.3. The third-order valence-corrected chi connectivity index (χ3v) is 3.25. The molecule has 0 bridgehead atoms. The van der Waals surface area contributed by atoms with Crippen LogP contribution < -0.4 is 5.32 Å². The average Bonchev–Trinajstić information content (AvgIpc) is 2.63. The highest BCUT2D eigenvalue weighted by Crippen LogP contribution is 2.22. The Labute approximate surface area is 107 Å². The normalized spacial score (nSPS) is 25.3. The molecule has 0 amide bonds. The van der Waals surface area contributed by atoms with Gasteiger partial charge in [-0.25, -0.2) is 0 Å². The Bertz CT molecular complexity index is 246. The second kappa shape index (κ2) is 6.73. The Hall–Kier alpha value is -0.330. The van der Waals surface area contributed by atoms with Gasteiger partial charge in [0.15, 0.2) is 0 Å². The summed E-state index contributed by atoms with van der Waals surface area (Å²) >= 11 is 0. The van der Waals surface area contributed by atoms with Crippen molar-refractivity contribution in [3.05, 3.63) is 0 Å². The number of nitrogens with one attached hydrogen (secondary N) is 1. The molecule has 0 saturated carbocycles. The summed E-state index contributed by atoms with van der Waals surface area (Å²) in [6.45, 7) is 7.11. The van der Waals surface area contributed by atoms with Gasteiger partial charge in [-0.3, -0.25) is 4.90 Å². The molecule has 0 spiro atoms. The number of ether oxygens (including phenoxy) is 1. The Kier molecular flexibility index (Phi) is 5.88. The van der Waals surface area contributed by atoms with Crippen LogP contribution in [0.1, 0.15) is 20.8 Å². The van der Waals surface area contributed by atoms with Crippen LogP contribution in [0.15, 0.2) is 0 Å². The fraction of sp³-hybridized carbons (Fsp3) is 1.00. The van der Waals surface area contributed by atoms with Crippen LogP contribution in [0.25, 0.3) is 0 Å². The first-order valence-electron chi connectivity index (χ1n) is 6.45. The maximum absolute atomic E-state index is 12.5. The molecule has 0 aliphatic carbocycles. The van der Waals surface area contributed by atoms with Crippen molar-refractivity contribution in [3.8, 4) is 0 Å². The Morgan fingerprint density at radius 2 is 2.00 bits per heavy atom. The summed E-state index contributed by atoms with van der Waals surface area (Å²) in [5, 5.41) is 3.27.